The Balaban J connectivity index is 2.10. The van der Waals surface area contributed by atoms with Gasteiger partial charge in [-0.25, -0.2) is 0 Å². The van der Waals surface area contributed by atoms with Gasteiger partial charge in [0.1, 0.15) is 5.75 Å². The fraction of sp³-hybridized carbons (Fsp3) is 0.250. The number of phenols is 1. The fourth-order valence-corrected chi connectivity index (χ4v) is 3.29. The van der Waals surface area contributed by atoms with Gasteiger partial charge in [0.05, 0.1) is 0 Å². The van der Waals surface area contributed by atoms with Crippen molar-refractivity contribution in [1.29, 1.82) is 0 Å². The lowest BCUT2D eigenvalue weighted by Gasteiger charge is -2.31. The first-order valence-corrected chi connectivity index (χ1v) is 8.62. The van der Waals surface area contributed by atoms with Crippen LogP contribution in [0.5, 0.6) is 5.75 Å². The van der Waals surface area contributed by atoms with Gasteiger partial charge in [-0.1, -0.05) is 88.4 Å². The Labute approximate surface area is 151 Å². The Kier molecular flexibility index (Phi) is 4.43. The first kappa shape index (κ1) is 17.3. The summed E-state index contributed by atoms with van der Waals surface area (Å²) in [5.41, 5.74) is 3.74. The quantitative estimate of drug-likeness (QED) is 0.656. The van der Waals surface area contributed by atoms with Crippen LogP contribution in [0.4, 0.5) is 0 Å². The van der Waals surface area contributed by atoms with Gasteiger partial charge >= 0.3 is 0 Å². The molecule has 1 nitrogen and oxygen atoms in total. The lowest BCUT2D eigenvalue weighted by molar-refractivity contribution is 0.451. The van der Waals surface area contributed by atoms with Crippen molar-refractivity contribution in [2.45, 2.75) is 38.5 Å². The van der Waals surface area contributed by atoms with Crippen molar-refractivity contribution >= 4 is 0 Å². The van der Waals surface area contributed by atoms with E-state index in [4.69, 9.17) is 0 Å². The first-order valence-electron chi connectivity index (χ1n) is 8.62. The second-order valence-electron chi connectivity index (χ2n) is 7.53. The van der Waals surface area contributed by atoms with E-state index in [0.717, 1.165) is 22.3 Å². The monoisotopic (exact) mass is 328 g/mol. The molecule has 0 aliphatic heterocycles. The van der Waals surface area contributed by atoms with Crippen molar-refractivity contribution in [2.75, 3.05) is 0 Å². The minimum Gasteiger partial charge on any atom is -0.508 e. The highest BCUT2D eigenvalue weighted by atomic mass is 16.3. The third-order valence-corrected chi connectivity index (χ3v) is 5.16. The van der Waals surface area contributed by atoms with Crippen LogP contribution in [0.2, 0.25) is 0 Å². The third kappa shape index (κ3) is 3.19. The summed E-state index contributed by atoms with van der Waals surface area (Å²) >= 11 is 0. The van der Waals surface area contributed by atoms with E-state index in [0.29, 0.717) is 5.75 Å². The van der Waals surface area contributed by atoms with Crippen LogP contribution in [-0.4, -0.2) is 5.11 Å². The van der Waals surface area contributed by atoms with Crippen molar-refractivity contribution in [3.05, 3.63) is 101 Å². The Morgan fingerprint density at radius 2 is 1.28 bits per heavy atom. The summed E-state index contributed by atoms with van der Waals surface area (Å²) in [7, 11) is 0. The molecule has 3 aromatic rings. The van der Waals surface area contributed by atoms with E-state index in [9.17, 15) is 5.11 Å². The molecular formula is C24H24O. The van der Waals surface area contributed by atoms with Crippen molar-refractivity contribution < 1.29 is 5.11 Å². The molecule has 0 amide bonds. The highest BCUT2D eigenvalue weighted by molar-refractivity contribution is 5.50. The Morgan fingerprint density at radius 3 is 1.80 bits per heavy atom. The van der Waals surface area contributed by atoms with Gasteiger partial charge in [-0.3, -0.25) is 0 Å². The molecule has 0 unspecified atom stereocenters. The number of benzene rings is 3. The minimum atomic E-state index is -0.335. The van der Waals surface area contributed by atoms with E-state index in [1.54, 1.807) is 6.07 Å². The number of phenolic OH excluding ortho intramolecular Hbond substituents is 1. The highest BCUT2D eigenvalue weighted by Crippen LogP contribution is 2.40. The molecule has 1 heteroatoms. The Bertz CT molecular complexity index is 846. The predicted molar refractivity (Wildman–Crippen MR) is 103 cm³/mol. The van der Waals surface area contributed by atoms with Crippen LogP contribution >= 0.6 is 0 Å². The van der Waals surface area contributed by atoms with Gasteiger partial charge in [-0.05, 0) is 34.9 Å². The highest BCUT2D eigenvalue weighted by Gasteiger charge is 2.30. The average molecular weight is 328 g/mol. The maximum Gasteiger partial charge on any atom is 0.119 e. The maximum absolute atomic E-state index is 10.5. The van der Waals surface area contributed by atoms with E-state index in [2.05, 4.69) is 58.0 Å². The molecule has 0 fully saturated rings. The van der Waals surface area contributed by atoms with Crippen LogP contribution in [0.25, 0.3) is 0 Å². The van der Waals surface area contributed by atoms with Crippen molar-refractivity contribution in [3.63, 3.8) is 0 Å². The fourth-order valence-electron chi connectivity index (χ4n) is 3.29. The van der Waals surface area contributed by atoms with Crippen LogP contribution in [-0.2, 0) is 10.8 Å². The van der Waals surface area contributed by atoms with E-state index < -0.39 is 0 Å². The van der Waals surface area contributed by atoms with Crippen molar-refractivity contribution in [3.8, 4) is 5.75 Å². The molecule has 0 spiro atoms. The SMILES string of the molecule is CC(C)(c1[c]cccc1)c1ccc(O)c(C(C)(C)c2[c]cccc2)c1. The molecule has 3 rings (SSSR count). The van der Waals surface area contributed by atoms with Crippen LogP contribution in [0, 0.1) is 12.1 Å². The van der Waals surface area contributed by atoms with Crippen LogP contribution < -0.4 is 0 Å². The summed E-state index contributed by atoms with van der Waals surface area (Å²) in [6.07, 6.45) is 0. The summed E-state index contributed by atoms with van der Waals surface area (Å²) < 4.78 is 0. The molecule has 0 saturated carbocycles. The molecule has 0 saturated heterocycles. The second-order valence-corrected chi connectivity index (χ2v) is 7.53. The predicted octanol–water partition coefficient (Wildman–Crippen LogP) is 5.64. The van der Waals surface area contributed by atoms with Gasteiger partial charge in [-0.2, -0.15) is 0 Å². The molecule has 0 bridgehead atoms. The number of hydrogen-bond acceptors (Lipinski definition) is 1. The zero-order chi connectivity index (χ0) is 18.1. The molecule has 0 aromatic heterocycles. The van der Waals surface area contributed by atoms with Crippen LogP contribution in [0.1, 0.15) is 49.9 Å². The van der Waals surface area contributed by atoms with Crippen molar-refractivity contribution in [2.24, 2.45) is 0 Å². The van der Waals surface area contributed by atoms with Gasteiger partial charge in [-0.15, -0.1) is 0 Å². The van der Waals surface area contributed by atoms with Crippen LogP contribution in [0.3, 0.4) is 0 Å². The van der Waals surface area contributed by atoms with Gasteiger partial charge < -0.3 is 5.11 Å². The molecule has 2 radical (unpaired) electrons. The van der Waals surface area contributed by atoms with Crippen molar-refractivity contribution in [1.82, 2.24) is 0 Å². The van der Waals surface area contributed by atoms with Gasteiger partial charge in [0.2, 0.25) is 0 Å². The zero-order valence-corrected chi connectivity index (χ0v) is 15.3. The second kappa shape index (κ2) is 6.40. The molecule has 1 N–H and O–H groups in total. The summed E-state index contributed by atoms with van der Waals surface area (Å²) in [6.45, 7) is 8.63. The number of aromatic hydroxyl groups is 1. The van der Waals surface area contributed by atoms with E-state index in [-0.39, 0.29) is 10.8 Å². The first-order chi connectivity index (χ1) is 11.8. The largest absolute Gasteiger partial charge is 0.508 e. The molecule has 3 aromatic carbocycles. The normalized spacial score (nSPS) is 12.2. The number of rotatable bonds is 4. The maximum atomic E-state index is 10.5. The van der Waals surface area contributed by atoms with Gasteiger partial charge in [0, 0.05) is 16.4 Å². The third-order valence-electron chi connectivity index (χ3n) is 5.16. The topological polar surface area (TPSA) is 20.2 Å². The smallest absolute Gasteiger partial charge is 0.119 e. The Morgan fingerprint density at radius 1 is 0.720 bits per heavy atom. The molecule has 0 heterocycles. The summed E-state index contributed by atoms with van der Waals surface area (Å²) in [4.78, 5) is 0. The molecule has 0 atom stereocenters. The summed E-state index contributed by atoms with van der Waals surface area (Å²) in [5, 5.41) is 10.5. The lowest BCUT2D eigenvalue weighted by Crippen LogP contribution is -2.23. The van der Waals surface area contributed by atoms with E-state index in [1.165, 1.54) is 0 Å². The molecular weight excluding hydrogens is 304 g/mol. The van der Waals surface area contributed by atoms with E-state index in [1.807, 2.05) is 42.5 Å². The Hall–Kier alpha value is -2.54. The van der Waals surface area contributed by atoms with E-state index >= 15 is 0 Å². The molecule has 126 valence electrons. The van der Waals surface area contributed by atoms with Crippen LogP contribution in [0.15, 0.2) is 66.7 Å². The average Bonchev–Trinajstić information content (AvgIpc) is 2.63. The number of hydrogen-bond donors (Lipinski definition) is 1. The zero-order valence-electron chi connectivity index (χ0n) is 15.3. The van der Waals surface area contributed by atoms with Gasteiger partial charge in [0.25, 0.3) is 0 Å². The minimum absolute atomic E-state index is 0.194. The lowest BCUT2D eigenvalue weighted by atomic mass is 9.73. The summed E-state index contributed by atoms with van der Waals surface area (Å²) in [6, 6.07) is 28.6. The summed E-state index contributed by atoms with van der Waals surface area (Å²) in [5.74, 6) is 0.318. The standard InChI is InChI=1S/C24H24O/c1-23(2,18-11-7-5-8-12-18)20-15-16-22(25)21(17-20)24(3,4)19-13-9-6-10-14-19/h5-11,13,15-17,25H,1-4H3. The molecule has 0 aliphatic carbocycles. The molecule has 25 heavy (non-hydrogen) atoms. The molecule has 0 aliphatic rings. The van der Waals surface area contributed by atoms with Gasteiger partial charge in [0.15, 0.2) is 0 Å².